The normalized spacial score (nSPS) is 11.0. The van der Waals surface area contributed by atoms with Gasteiger partial charge in [0.15, 0.2) is 0 Å². The van der Waals surface area contributed by atoms with Crippen LogP contribution in [0.2, 0.25) is 0 Å². The maximum absolute atomic E-state index is 11.5. The van der Waals surface area contributed by atoms with Crippen molar-refractivity contribution in [2.45, 2.75) is 6.54 Å². The van der Waals surface area contributed by atoms with Crippen molar-refractivity contribution in [2.24, 2.45) is 0 Å². The second kappa shape index (κ2) is 3.78. The second-order valence-electron chi connectivity index (χ2n) is 3.36. The molecule has 0 amide bonds. The Hall–Kier alpha value is -1.75. The number of nitrogens with zero attached hydrogens (tertiary/aromatic N) is 1. The molecule has 0 aliphatic carbocycles. The molecule has 80 valence electrons. The minimum absolute atomic E-state index is 0.117. The van der Waals surface area contributed by atoms with Crippen LogP contribution in [0.25, 0.3) is 10.9 Å². The number of rotatable bonds is 3. The zero-order valence-electron chi connectivity index (χ0n) is 8.49. The van der Waals surface area contributed by atoms with Crippen LogP contribution >= 0.6 is 0 Å². The Labute approximate surface area is 86.4 Å². The number of nitrogens with two attached hydrogens (primary N) is 1. The maximum Gasteiger partial charge on any atom is 0.272 e. The summed E-state index contributed by atoms with van der Waals surface area (Å²) in [7, 11) is 1.63. The molecule has 1 aromatic heterocycles. The largest absolute Gasteiger partial charge is 0.399 e. The molecule has 0 saturated carbocycles. The van der Waals surface area contributed by atoms with E-state index >= 15 is 0 Å². The van der Waals surface area contributed by atoms with E-state index < -0.39 is 0 Å². The SMILES string of the molecule is COCCn1[nH]c(=O)c2cc(N)ccc21. The van der Waals surface area contributed by atoms with Gasteiger partial charge < -0.3 is 10.5 Å². The van der Waals surface area contributed by atoms with Gasteiger partial charge in [0.25, 0.3) is 5.56 Å². The summed E-state index contributed by atoms with van der Waals surface area (Å²) in [6.45, 7) is 1.18. The van der Waals surface area contributed by atoms with Gasteiger partial charge in [-0.3, -0.25) is 14.6 Å². The van der Waals surface area contributed by atoms with Gasteiger partial charge >= 0.3 is 0 Å². The number of nitrogens with one attached hydrogen (secondary N) is 1. The molecule has 5 heteroatoms. The van der Waals surface area contributed by atoms with E-state index in [2.05, 4.69) is 5.10 Å². The molecule has 3 N–H and O–H groups in total. The summed E-state index contributed by atoms with van der Waals surface area (Å²) >= 11 is 0. The molecule has 0 fully saturated rings. The third kappa shape index (κ3) is 1.73. The number of hydrogen-bond donors (Lipinski definition) is 2. The Balaban J connectivity index is 2.53. The van der Waals surface area contributed by atoms with E-state index in [1.165, 1.54) is 0 Å². The minimum atomic E-state index is -0.117. The lowest BCUT2D eigenvalue weighted by Crippen LogP contribution is -2.09. The van der Waals surface area contributed by atoms with Crippen molar-refractivity contribution in [1.29, 1.82) is 0 Å². The first-order valence-electron chi connectivity index (χ1n) is 4.69. The second-order valence-corrected chi connectivity index (χ2v) is 3.36. The number of H-pyrrole nitrogens is 1. The van der Waals surface area contributed by atoms with Crippen LogP contribution < -0.4 is 11.3 Å². The molecule has 0 saturated heterocycles. The van der Waals surface area contributed by atoms with Gasteiger partial charge in [-0.25, -0.2) is 0 Å². The lowest BCUT2D eigenvalue weighted by atomic mass is 10.2. The van der Waals surface area contributed by atoms with Crippen molar-refractivity contribution in [2.75, 3.05) is 19.5 Å². The number of ether oxygens (including phenoxy) is 1. The number of aromatic nitrogens is 2. The molecule has 0 spiro atoms. The smallest absolute Gasteiger partial charge is 0.272 e. The minimum Gasteiger partial charge on any atom is -0.399 e. The Kier molecular flexibility index (Phi) is 2.47. The van der Waals surface area contributed by atoms with Gasteiger partial charge in [0.1, 0.15) is 0 Å². The molecule has 0 radical (unpaired) electrons. The first-order chi connectivity index (χ1) is 7.22. The van der Waals surface area contributed by atoms with E-state index in [0.717, 1.165) is 5.52 Å². The van der Waals surface area contributed by atoms with Gasteiger partial charge in [-0.05, 0) is 18.2 Å². The van der Waals surface area contributed by atoms with E-state index in [-0.39, 0.29) is 5.56 Å². The number of aromatic amines is 1. The summed E-state index contributed by atoms with van der Waals surface area (Å²) in [4.78, 5) is 11.5. The lowest BCUT2D eigenvalue weighted by Gasteiger charge is -2.02. The zero-order chi connectivity index (χ0) is 10.8. The number of anilines is 1. The molecule has 2 aromatic rings. The predicted octanol–water partition coefficient (Wildman–Crippen LogP) is 0.558. The molecular formula is C10H13N3O2. The quantitative estimate of drug-likeness (QED) is 0.722. The molecule has 1 aromatic carbocycles. The van der Waals surface area contributed by atoms with Crippen molar-refractivity contribution in [1.82, 2.24) is 9.78 Å². The van der Waals surface area contributed by atoms with Crippen molar-refractivity contribution < 1.29 is 4.74 Å². The lowest BCUT2D eigenvalue weighted by molar-refractivity contribution is 0.184. The van der Waals surface area contributed by atoms with Crippen LogP contribution in [0, 0.1) is 0 Å². The average Bonchev–Trinajstić information content (AvgIpc) is 2.53. The number of methoxy groups -OCH3 is 1. The summed E-state index contributed by atoms with van der Waals surface area (Å²) < 4.78 is 6.72. The van der Waals surface area contributed by atoms with Crippen LogP contribution in [-0.4, -0.2) is 23.5 Å². The van der Waals surface area contributed by atoms with Crippen LogP contribution in [-0.2, 0) is 11.3 Å². The number of hydrogen-bond acceptors (Lipinski definition) is 3. The van der Waals surface area contributed by atoms with E-state index in [1.807, 2.05) is 6.07 Å². The molecular weight excluding hydrogens is 194 g/mol. The highest BCUT2D eigenvalue weighted by atomic mass is 16.5. The van der Waals surface area contributed by atoms with Crippen LogP contribution in [0.5, 0.6) is 0 Å². The fourth-order valence-electron chi connectivity index (χ4n) is 1.57. The molecule has 0 aliphatic rings. The maximum atomic E-state index is 11.5. The van der Waals surface area contributed by atoms with Gasteiger partial charge in [-0.15, -0.1) is 0 Å². The number of nitrogen functional groups attached to an aromatic ring is 1. The predicted molar refractivity (Wildman–Crippen MR) is 58.8 cm³/mol. The number of benzene rings is 1. The summed E-state index contributed by atoms with van der Waals surface area (Å²) in [5.41, 5.74) is 6.95. The zero-order valence-corrected chi connectivity index (χ0v) is 8.49. The van der Waals surface area contributed by atoms with Crippen LogP contribution in [0.1, 0.15) is 0 Å². The van der Waals surface area contributed by atoms with E-state index in [4.69, 9.17) is 10.5 Å². The van der Waals surface area contributed by atoms with E-state index in [1.54, 1.807) is 23.9 Å². The van der Waals surface area contributed by atoms with Gasteiger partial charge in [-0.1, -0.05) is 0 Å². The van der Waals surface area contributed by atoms with Crippen LogP contribution in [0.15, 0.2) is 23.0 Å². The fourth-order valence-corrected chi connectivity index (χ4v) is 1.57. The van der Waals surface area contributed by atoms with Gasteiger partial charge in [0, 0.05) is 12.8 Å². The number of fused-ring (bicyclic) bond motifs is 1. The monoisotopic (exact) mass is 207 g/mol. The van der Waals surface area contributed by atoms with Crippen molar-refractivity contribution >= 4 is 16.6 Å². The summed E-state index contributed by atoms with van der Waals surface area (Å²) in [6, 6.07) is 5.29. The highest BCUT2D eigenvalue weighted by Gasteiger charge is 2.05. The van der Waals surface area contributed by atoms with E-state index in [9.17, 15) is 4.79 Å². The molecule has 0 unspecified atom stereocenters. The van der Waals surface area contributed by atoms with Gasteiger partial charge in [-0.2, -0.15) is 0 Å². The summed E-state index contributed by atoms with van der Waals surface area (Å²) in [5, 5.41) is 3.36. The Morgan fingerprint density at radius 1 is 1.53 bits per heavy atom. The van der Waals surface area contributed by atoms with Crippen molar-refractivity contribution in [3.05, 3.63) is 28.6 Å². The van der Waals surface area contributed by atoms with Gasteiger partial charge in [0.05, 0.1) is 24.1 Å². The molecule has 15 heavy (non-hydrogen) atoms. The topological polar surface area (TPSA) is 73.0 Å². The third-order valence-electron chi connectivity index (χ3n) is 2.31. The standard InChI is InChI=1S/C10H13N3O2/c1-15-5-4-13-9-3-2-7(11)6-8(9)10(14)12-13/h2-3,6H,4-5,11H2,1H3,(H,12,14). The first kappa shape index (κ1) is 9.79. The summed E-state index contributed by atoms with van der Waals surface area (Å²) in [6.07, 6.45) is 0. The van der Waals surface area contributed by atoms with Crippen molar-refractivity contribution in [3.8, 4) is 0 Å². The van der Waals surface area contributed by atoms with Crippen LogP contribution in [0.3, 0.4) is 0 Å². The molecule has 1 heterocycles. The Morgan fingerprint density at radius 3 is 3.07 bits per heavy atom. The Bertz CT molecular complexity index is 527. The molecule has 5 nitrogen and oxygen atoms in total. The summed E-state index contributed by atoms with van der Waals surface area (Å²) in [5.74, 6) is 0. The van der Waals surface area contributed by atoms with E-state index in [0.29, 0.717) is 24.2 Å². The molecule has 0 aliphatic heterocycles. The molecule has 0 bridgehead atoms. The highest BCUT2D eigenvalue weighted by molar-refractivity contribution is 5.81. The van der Waals surface area contributed by atoms with Crippen molar-refractivity contribution in [3.63, 3.8) is 0 Å². The average molecular weight is 207 g/mol. The van der Waals surface area contributed by atoms with Crippen LogP contribution in [0.4, 0.5) is 5.69 Å². The molecule has 2 rings (SSSR count). The van der Waals surface area contributed by atoms with Gasteiger partial charge in [0.2, 0.25) is 0 Å². The Morgan fingerprint density at radius 2 is 2.33 bits per heavy atom. The third-order valence-corrected chi connectivity index (χ3v) is 2.31. The first-order valence-corrected chi connectivity index (χ1v) is 4.69. The fraction of sp³-hybridized carbons (Fsp3) is 0.300. The molecule has 0 atom stereocenters. The highest BCUT2D eigenvalue weighted by Crippen LogP contribution is 2.13.